The Morgan fingerprint density at radius 2 is 2.18 bits per heavy atom. The summed E-state index contributed by atoms with van der Waals surface area (Å²) in [5.41, 5.74) is 0. The van der Waals surface area contributed by atoms with Gasteiger partial charge < -0.3 is 10.7 Å². The second-order valence-corrected chi connectivity index (χ2v) is 3.12. The van der Waals surface area contributed by atoms with Crippen LogP contribution < -0.4 is 5.84 Å². The smallest absolute Gasteiger partial charge is 0.0742 e. The van der Waals surface area contributed by atoms with Crippen LogP contribution >= 0.6 is 0 Å². The summed E-state index contributed by atoms with van der Waals surface area (Å²) in [7, 11) is 2.14. The third-order valence-electron chi connectivity index (χ3n) is 2.15. The van der Waals surface area contributed by atoms with Gasteiger partial charge in [0.1, 0.15) is 0 Å². The van der Waals surface area contributed by atoms with Gasteiger partial charge in [0.05, 0.1) is 6.04 Å². The highest BCUT2D eigenvalue weighted by atomic mass is 15.3. The monoisotopic (exact) mass is 156 g/mol. The van der Waals surface area contributed by atoms with Gasteiger partial charge in [-0.05, 0) is 39.4 Å². The average Bonchev–Trinajstić information content (AvgIpc) is 2.17. The van der Waals surface area contributed by atoms with Crippen molar-refractivity contribution in [1.82, 2.24) is 4.90 Å². The van der Waals surface area contributed by atoms with Crippen molar-refractivity contribution in [3.63, 3.8) is 0 Å². The van der Waals surface area contributed by atoms with E-state index in [1.807, 2.05) is 0 Å². The van der Waals surface area contributed by atoms with Crippen molar-refractivity contribution in [2.24, 2.45) is 16.2 Å². The molecule has 0 aliphatic carbocycles. The summed E-state index contributed by atoms with van der Waals surface area (Å²) in [4.78, 5) is 2.33. The number of hydrogen-bond acceptors (Lipinski definition) is 3. The number of hydrogen-bond donors (Lipinski definition) is 1. The Hall–Kier alpha value is -0.640. The molecule has 0 radical (unpaired) electrons. The summed E-state index contributed by atoms with van der Waals surface area (Å²) in [5.74, 6) is 4.99. The predicted molar refractivity (Wildman–Crippen MR) is 44.2 cm³/mol. The fourth-order valence-corrected chi connectivity index (χ4v) is 1.43. The van der Waals surface area contributed by atoms with Crippen molar-refractivity contribution in [2.45, 2.75) is 25.3 Å². The number of nitrogens with two attached hydrogens (primary N) is 1. The first-order valence-electron chi connectivity index (χ1n) is 4.11. The highest BCUT2D eigenvalue weighted by Gasteiger charge is 2.13. The van der Waals surface area contributed by atoms with Crippen LogP contribution in [0.15, 0.2) is 10.3 Å². The maximum Gasteiger partial charge on any atom is 0.0742 e. The van der Waals surface area contributed by atoms with Crippen LogP contribution in [0.4, 0.5) is 0 Å². The van der Waals surface area contributed by atoms with E-state index in [1.165, 1.54) is 13.0 Å². The van der Waals surface area contributed by atoms with Crippen molar-refractivity contribution < 1.29 is 0 Å². The number of likely N-dealkylation sites (tertiary alicyclic amines) is 1. The summed E-state index contributed by atoms with van der Waals surface area (Å²) in [5, 5.41) is 7.29. The number of rotatable bonds is 1. The molecule has 0 bridgehead atoms. The molecule has 0 aromatic heterocycles. The lowest BCUT2D eigenvalue weighted by Gasteiger charge is -2.11. The van der Waals surface area contributed by atoms with Crippen LogP contribution in [0.25, 0.3) is 0 Å². The topological polar surface area (TPSA) is 54.0 Å². The van der Waals surface area contributed by atoms with E-state index in [1.54, 1.807) is 0 Å². The highest BCUT2D eigenvalue weighted by molar-refractivity contribution is 4.71. The molecule has 1 rings (SSSR count). The normalized spacial score (nSPS) is 29.0. The van der Waals surface area contributed by atoms with Crippen LogP contribution in [0.2, 0.25) is 0 Å². The predicted octanol–water partition coefficient (Wildman–Crippen LogP) is 0.797. The zero-order valence-electron chi connectivity index (χ0n) is 7.03. The van der Waals surface area contributed by atoms with Crippen LogP contribution in [-0.2, 0) is 0 Å². The van der Waals surface area contributed by atoms with Gasteiger partial charge in [-0.25, -0.2) is 0 Å². The molecule has 64 valence electrons. The minimum atomic E-state index is 0.366. The van der Waals surface area contributed by atoms with Crippen molar-refractivity contribution in [3.8, 4) is 0 Å². The van der Waals surface area contributed by atoms with Crippen molar-refractivity contribution >= 4 is 0 Å². The van der Waals surface area contributed by atoms with E-state index in [0.717, 1.165) is 19.4 Å². The van der Waals surface area contributed by atoms with E-state index < -0.39 is 0 Å². The molecule has 4 nitrogen and oxygen atoms in total. The minimum Gasteiger partial charge on any atom is -0.306 e. The highest BCUT2D eigenvalue weighted by Crippen LogP contribution is 2.12. The van der Waals surface area contributed by atoms with Gasteiger partial charge in [-0.15, -0.1) is 0 Å². The molecule has 1 fully saturated rings. The zero-order chi connectivity index (χ0) is 8.10. The largest absolute Gasteiger partial charge is 0.306 e. The lowest BCUT2D eigenvalue weighted by Crippen LogP contribution is -2.19. The van der Waals surface area contributed by atoms with Crippen LogP contribution in [-0.4, -0.2) is 31.1 Å². The van der Waals surface area contributed by atoms with E-state index in [9.17, 15) is 0 Å². The summed E-state index contributed by atoms with van der Waals surface area (Å²) in [6.45, 7) is 2.29. The molecule has 0 aromatic carbocycles. The van der Waals surface area contributed by atoms with E-state index in [-0.39, 0.29) is 0 Å². The van der Waals surface area contributed by atoms with E-state index in [0.29, 0.717) is 6.04 Å². The average molecular weight is 156 g/mol. The Bertz CT molecular complexity index is 134. The maximum absolute atomic E-state index is 4.99. The van der Waals surface area contributed by atoms with Gasteiger partial charge in [0.25, 0.3) is 0 Å². The Morgan fingerprint density at radius 1 is 1.36 bits per heavy atom. The van der Waals surface area contributed by atoms with Gasteiger partial charge in [-0.1, -0.05) is 5.22 Å². The molecule has 1 saturated heterocycles. The zero-order valence-corrected chi connectivity index (χ0v) is 7.03. The van der Waals surface area contributed by atoms with Gasteiger partial charge in [-0.3, -0.25) is 0 Å². The molecule has 1 unspecified atom stereocenters. The molecule has 1 atom stereocenters. The lowest BCUT2D eigenvalue weighted by atomic mass is 10.1. The second kappa shape index (κ2) is 4.28. The molecular weight excluding hydrogens is 140 g/mol. The Kier molecular flexibility index (Phi) is 3.29. The van der Waals surface area contributed by atoms with Gasteiger partial charge in [-0.2, -0.15) is 5.11 Å². The molecule has 0 aromatic rings. The Labute approximate surface area is 67.4 Å². The standard InChI is InChI=1S/C7H16N4/c1-11-5-2-3-7(4-6-11)9-10-8/h7H,2-6H2,1H3,(H2,8,9). The minimum absolute atomic E-state index is 0.366. The van der Waals surface area contributed by atoms with Crippen molar-refractivity contribution in [2.75, 3.05) is 20.1 Å². The van der Waals surface area contributed by atoms with Crippen LogP contribution in [0, 0.1) is 0 Å². The maximum atomic E-state index is 4.99. The molecule has 4 heteroatoms. The van der Waals surface area contributed by atoms with E-state index >= 15 is 0 Å². The van der Waals surface area contributed by atoms with E-state index in [2.05, 4.69) is 22.3 Å². The molecule has 2 N–H and O–H groups in total. The van der Waals surface area contributed by atoms with Gasteiger partial charge >= 0.3 is 0 Å². The van der Waals surface area contributed by atoms with E-state index in [4.69, 9.17) is 5.84 Å². The summed E-state index contributed by atoms with van der Waals surface area (Å²) >= 11 is 0. The molecule has 1 aliphatic heterocycles. The number of nitrogens with zero attached hydrogens (tertiary/aromatic N) is 3. The van der Waals surface area contributed by atoms with Crippen molar-refractivity contribution in [3.05, 3.63) is 0 Å². The molecule has 0 spiro atoms. The quantitative estimate of drug-likeness (QED) is 0.347. The first-order valence-corrected chi connectivity index (χ1v) is 4.11. The fraction of sp³-hybridized carbons (Fsp3) is 1.00. The summed E-state index contributed by atoms with van der Waals surface area (Å²) < 4.78 is 0. The molecule has 11 heavy (non-hydrogen) atoms. The van der Waals surface area contributed by atoms with Gasteiger partial charge in [0.15, 0.2) is 0 Å². The van der Waals surface area contributed by atoms with Crippen LogP contribution in [0.3, 0.4) is 0 Å². The summed E-state index contributed by atoms with van der Waals surface area (Å²) in [6.07, 6.45) is 3.43. The third kappa shape index (κ3) is 2.84. The molecule has 0 saturated carbocycles. The summed E-state index contributed by atoms with van der Waals surface area (Å²) in [6, 6.07) is 0.366. The Morgan fingerprint density at radius 3 is 2.91 bits per heavy atom. The van der Waals surface area contributed by atoms with Crippen LogP contribution in [0.1, 0.15) is 19.3 Å². The second-order valence-electron chi connectivity index (χ2n) is 3.12. The van der Waals surface area contributed by atoms with Gasteiger partial charge in [0, 0.05) is 0 Å². The Balaban J connectivity index is 2.33. The molecular formula is C7H16N4. The molecule has 1 heterocycles. The van der Waals surface area contributed by atoms with Crippen LogP contribution in [0.5, 0.6) is 0 Å². The SMILES string of the molecule is CN1CCCC(N=NN)CC1. The third-order valence-corrected chi connectivity index (χ3v) is 2.15. The fourth-order valence-electron chi connectivity index (χ4n) is 1.43. The first-order chi connectivity index (χ1) is 5.33. The first kappa shape index (κ1) is 8.46. The molecule has 1 aliphatic rings. The molecule has 0 amide bonds. The lowest BCUT2D eigenvalue weighted by molar-refractivity contribution is 0.347. The van der Waals surface area contributed by atoms with Gasteiger partial charge in [0.2, 0.25) is 0 Å². The van der Waals surface area contributed by atoms with Crippen molar-refractivity contribution in [1.29, 1.82) is 0 Å².